The highest BCUT2D eigenvalue weighted by Crippen LogP contribution is 1.94. The fourth-order valence-corrected chi connectivity index (χ4v) is 1.49. The van der Waals surface area contributed by atoms with Gasteiger partial charge in [-0.2, -0.15) is 14.5 Å². The third-order valence-electron chi connectivity index (χ3n) is 2.60. The molecule has 0 aliphatic heterocycles. The van der Waals surface area contributed by atoms with Crippen LogP contribution >= 0.6 is 0 Å². The van der Waals surface area contributed by atoms with E-state index in [0.29, 0.717) is 10.5 Å². The maximum atomic E-state index is 10.4. The Hall–Kier alpha value is -4.42. The summed E-state index contributed by atoms with van der Waals surface area (Å²) in [6.45, 7) is 2.72. The Bertz CT molecular complexity index is 1050. The number of nitrogens with one attached hydrogen (secondary N) is 2. The fraction of sp³-hybridized carbons (Fsp3) is 0.125. The molecule has 0 aromatic carbocycles. The molecule has 0 radical (unpaired) electrons. The summed E-state index contributed by atoms with van der Waals surface area (Å²) in [5.74, 6) is -0.0312. The Kier molecular flexibility index (Phi) is 9.40. The summed E-state index contributed by atoms with van der Waals surface area (Å²) in [4.78, 5) is 39.2. The summed E-state index contributed by atoms with van der Waals surface area (Å²) in [7, 11) is 0. The van der Waals surface area contributed by atoms with Crippen LogP contribution in [-0.2, 0) is 9.59 Å². The maximum Gasteiger partial charge on any atom is 0.244 e. The molecule has 0 bridgehead atoms. The molecule has 0 fully saturated rings. The molecule has 3 aromatic heterocycles. The number of amides is 2. The highest BCUT2D eigenvalue weighted by atomic mass is 16.5. The van der Waals surface area contributed by atoms with Crippen LogP contribution in [-0.4, -0.2) is 51.6 Å². The van der Waals surface area contributed by atoms with Gasteiger partial charge in [0.25, 0.3) is 0 Å². The first-order valence-electron chi connectivity index (χ1n) is 7.87. The molecule has 0 aliphatic rings. The van der Waals surface area contributed by atoms with Gasteiger partial charge >= 0.3 is 0 Å². The van der Waals surface area contributed by atoms with Crippen LogP contribution in [0, 0.1) is 5.41 Å². The number of hydrogen-bond acceptors (Lipinski definition) is 9. The van der Waals surface area contributed by atoms with E-state index in [1.807, 2.05) is 0 Å². The van der Waals surface area contributed by atoms with Gasteiger partial charge in [-0.25, -0.2) is 4.98 Å². The second kappa shape index (κ2) is 12.1. The summed E-state index contributed by atoms with van der Waals surface area (Å²) in [5, 5.41) is 27.0. The zero-order chi connectivity index (χ0) is 21.6. The van der Waals surface area contributed by atoms with E-state index in [4.69, 9.17) is 15.8 Å². The molecular formula is C16H19N9O4. The van der Waals surface area contributed by atoms with Crippen LogP contribution in [0.2, 0.25) is 0 Å². The third-order valence-corrected chi connectivity index (χ3v) is 2.60. The molecule has 0 spiro atoms. The van der Waals surface area contributed by atoms with Gasteiger partial charge in [-0.15, -0.1) is 0 Å². The van der Waals surface area contributed by atoms with Crippen molar-refractivity contribution in [3.8, 4) is 0 Å². The van der Waals surface area contributed by atoms with Gasteiger partial charge in [-0.05, 0) is 0 Å². The minimum atomic E-state index is -0.374. The predicted octanol–water partition coefficient (Wildman–Crippen LogP) is -0.398. The number of carbonyl (C=O) groups excluding carboxylic acids is 2. The molecule has 2 amide bonds. The molecule has 3 heterocycles. The lowest BCUT2D eigenvalue weighted by Crippen LogP contribution is -2.19. The van der Waals surface area contributed by atoms with Gasteiger partial charge in [0, 0.05) is 38.6 Å². The molecule has 0 saturated heterocycles. The van der Waals surface area contributed by atoms with Gasteiger partial charge in [0.15, 0.2) is 16.8 Å². The molecular weight excluding hydrogens is 382 g/mol. The molecule has 0 aliphatic carbocycles. The highest BCUT2D eigenvalue weighted by Gasteiger charge is 1.92. The van der Waals surface area contributed by atoms with Crippen LogP contribution < -0.4 is 16.3 Å². The Labute approximate surface area is 164 Å². The van der Waals surface area contributed by atoms with Crippen molar-refractivity contribution in [2.75, 3.05) is 5.32 Å². The van der Waals surface area contributed by atoms with E-state index in [-0.39, 0.29) is 22.8 Å². The smallest absolute Gasteiger partial charge is 0.244 e. The third kappa shape index (κ3) is 9.74. The van der Waals surface area contributed by atoms with Crippen LogP contribution in [0.25, 0.3) is 0 Å². The Morgan fingerprint density at radius 1 is 0.966 bits per heavy atom. The van der Waals surface area contributed by atoms with Crippen molar-refractivity contribution in [1.29, 1.82) is 5.41 Å². The molecule has 0 saturated carbocycles. The maximum absolute atomic E-state index is 10.4. The molecule has 0 unspecified atom stereocenters. The lowest BCUT2D eigenvalue weighted by atomic mass is 10.6. The predicted molar refractivity (Wildman–Crippen MR) is 97.3 cm³/mol. The van der Waals surface area contributed by atoms with Crippen molar-refractivity contribution < 1.29 is 20.0 Å². The quantitative estimate of drug-likeness (QED) is 0.397. The first-order chi connectivity index (χ1) is 13.8. The second-order valence-corrected chi connectivity index (χ2v) is 4.99. The molecule has 4 N–H and O–H groups in total. The minimum Gasteiger partial charge on any atom is -0.427 e. The van der Waals surface area contributed by atoms with Crippen molar-refractivity contribution >= 4 is 17.6 Å². The van der Waals surface area contributed by atoms with Crippen molar-refractivity contribution in [2.45, 2.75) is 13.8 Å². The van der Waals surface area contributed by atoms with E-state index >= 15 is 0 Å². The average Bonchev–Trinajstić information content (AvgIpc) is 2.67. The average molecular weight is 401 g/mol. The van der Waals surface area contributed by atoms with Gasteiger partial charge in [0.2, 0.25) is 11.8 Å². The number of hydrogen-bond donors (Lipinski definition) is 4. The Morgan fingerprint density at radius 2 is 1.59 bits per heavy atom. The lowest BCUT2D eigenvalue weighted by Gasteiger charge is -1.96. The van der Waals surface area contributed by atoms with E-state index in [9.17, 15) is 9.59 Å². The van der Waals surface area contributed by atoms with Crippen molar-refractivity contribution in [3.05, 3.63) is 66.7 Å². The molecule has 29 heavy (non-hydrogen) atoms. The molecule has 13 heteroatoms. The van der Waals surface area contributed by atoms with Gasteiger partial charge in [-0.1, -0.05) is 0 Å². The van der Waals surface area contributed by atoms with Crippen LogP contribution in [0.4, 0.5) is 5.82 Å². The lowest BCUT2D eigenvalue weighted by molar-refractivity contribution is -0.116. The number of nitrogens with zero attached hydrogens (tertiary/aromatic N) is 7. The number of aromatic nitrogens is 6. The number of rotatable bonds is 1. The van der Waals surface area contributed by atoms with E-state index in [0.717, 1.165) is 4.73 Å². The van der Waals surface area contributed by atoms with E-state index in [2.05, 4.69) is 30.2 Å². The highest BCUT2D eigenvalue weighted by molar-refractivity contribution is 5.87. The fourth-order valence-electron chi connectivity index (χ4n) is 1.49. The first-order valence-corrected chi connectivity index (χ1v) is 7.87. The van der Waals surface area contributed by atoms with Gasteiger partial charge in [0.05, 0.1) is 31.0 Å². The second-order valence-electron chi connectivity index (χ2n) is 4.99. The molecule has 3 rings (SSSR count). The van der Waals surface area contributed by atoms with Gasteiger partial charge in [0.1, 0.15) is 0 Å². The van der Waals surface area contributed by atoms with Gasteiger partial charge in [-0.3, -0.25) is 30.0 Å². The normalized spacial score (nSPS) is 9.93. The van der Waals surface area contributed by atoms with Crippen LogP contribution in [0.5, 0.6) is 0 Å². The topological polar surface area (TPSA) is 184 Å². The zero-order valence-corrected chi connectivity index (χ0v) is 15.5. The number of carbonyl (C=O) groups is 2. The molecule has 13 nitrogen and oxygen atoms in total. The van der Waals surface area contributed by atoms with Crippen LogP contribution in [0.1, 0.15) is 13.8 Å². The number of anilines is 1. The molecule has 0 atom stereocenters. The largest absolute Gasteiger partial charge is 0.427 e. The SMILES string of the molecule is CC(=O)N=c1cnccn1O.CC(=O)Nc1cnccn1.N=c1cnccn1O. The summed E-state index contributed by atoms with van der Waals surface area (Å²) in [5.41, 5.74) is 0.104. The van der Waals surface area contributed by atoms with Crippen molar-refractivity contribution in [2.24, 2.45) is 4.99 Å². The van der Waals surface area contributed by atoms with E-state index in [1.54, 1.807) is 6.20 Å². The zero-order valence-electron chi connectivity index (χ0n) is 15.5. The Balaban J connectivity index is 0.000000220. The molecule has 3 aromatic rings. The summed E-state index contributed by atoms with van der Waals surface area (Å²) in [6.07, 6.45) is 12.5. The molecule has 152 valence electrons. The van der Waals surface area contributed by atoms with Crippen molar-refractivity contribution in [3.63, 3.8) is 0 Å². The van der Waals surface area contributed by atoms with E-state index in [1.165, 1.54) is 63.4 Å². The minimum absolute atomic E-state index is 0.0208. The van der Waals surface area contributed by atoms with Gasteiger partial charge < -0.3 is 15.7 Å². The van der Waals surface area contributed by atoms with E-state index < -0.39 is 0 Å². The van der Waals surface area contributed by atoms with Crippen LogP contribution in [0.15, 0.2) is 60.8 Å². The van der Waals surface area contributed by atoms with Crippen molar-refractivity contribution in [1.82, 2.24) is 29.4 Å². The first kappa shape index (κ1) is 22.6. The summed E-state index contributed by atoms with van der Waals surface area (Å²) < 4.78 is 1.42. The summed E-state index contributed by atoms with van der Waals surface area (Å²) >= 11 is 0. The van der Waals surface area contributed by atoms with Crippen LogP contribution in [0.3, 0.4) is 0 Å². The summed E-state index contributed by atoms with van der Waals surface area (Å²) in [6, 6.07) is 0. The Morgan fingerprint density at radius 3 is 2.03 bits per heavy atom. The standard InChI is InChI=1S/C6H7N3O2.C6H7N3O.C4H5N3O/c1-5(10)8-6-4-7-2-3-9(6)11;1-5(10)9-6-4-7-2-3-8-6;5-4-3-6-1-2-7(4)8/h2-4,11H,1H3;2-4H,1H3,(H,8,9,10);1-3,5,8H. The monoisotopic (exact) mass is 401 g/mol.